The van der Waals surface area contributed by atoms with E-state index >= 15 is 0 Å². The number of alkyl carbamates (subject to hydrolysis) is 1. The quantitative estimate of drug-likeness (QED) is 0.543. The molecule has 0 radical (unpaired) electrons. The molecule has 6 heteroatoms. The number of carbonyl (C=O) groups is 2. The first-order valence-corrected chi connectivity index (χ1v) is 6.65. The summed E-state index contributed by atoms with van der Waals surface area (Å²) in [5, 5.41) is 2.65. The summed E-state index contributed by atoms with van der Waals surface area (Å²) < 4.78 is 9.89. The molecule has 0 fully saturated rings. The Balaban J connectivity index is 3.60. The second kappa shape index (κ2) is 8.74. The molecule has 0 aromatic rings. The molecule has 19 heavy (non-hydrogen) atoms. The van der Waals surface area contributed by atoms with E-state index in [2.05, 4.69) is 5.32 Å². The van der Waals surface area contributed by atoms with Crippen LogP contribution in [0.3, 0.4) is 0 Å². The van der Waals surface area contributed by atoms with Gasteiger partial charge in [-0.15, -0.1) is 0 Å². The lowest BCUT2D eigenvalue weighted by Crippen LogP contribution is -2.34. The van der Waals surface area contributed by atoms with Crippen LogP contribution in [0.4, 0.5) is 4.79 Å². The summed E-state index contributed by atoms with van der Waals surface area (Å²) in [7, 11) is 0. The third-order valence-electron chi connectivity index (χ3n) is 2.20. The summed E-state index contributed by atoms with van der Waals surface area (Å²) >= 11 is 0. The standard InChI is InChI=1S/C13H26N2O4/c1-5-18-11(16)10(14)8-6-7-9-15-12(17)19-13(2,3)4/h10H,5-9,14H2,1-4H3,(H,15,17). The maximum atomic E-state index is 11.3. The van der Waals surface area contributed by atoms with Crippen LogP contribution >= 0.6 is 0 Å². The molecule has 0 aliphatic heterocycles. The molecule has 1 unspecified atom stereocenters. The average Bonchev–Trinajstić information content (AvgIpc) is 2.26. The monoisotopic (exact) mass is 274 g/mol. The third-order valence-corrected chi connectivity index (χ3v) is 2.20. The van der Waals surface area contributed by atoms with Gasteiger partial charge in [-0.3, -0.25) is 4.79 Å². The summed E-state index contributed by atoms with van der Waals surface area (Å²) in [5.74, 6) is -0.373. The Kier molecular flexibility index (Phi) is 8.14. The molecule has 0 aliphatic carbocycles. The summed E-state index contributed by atoms with van der Waals surface area (Å²) in [6.07, 6.45) is 1.61. The van der Waals surface area contributed by atoms with E-state index in [9.17, 15) is 9.59 Å². The van der Waals surface area contributed by atoms with Crippen molar-refractivity contribution >= 4 is 12.1 Å². The fourth-order valence-electron chi connectivity index (χ4n) is 1.36. The van der Waals surface area contributed by atoms with E-state index in [1.807, 2.05) is 20.8 Å². The van der Waals surface area contributed by atoms with Gasteiger partial charge in [0.15, 0.2) is 0 Å². The van der Waals surface area contributed by atoms with Crippen molar-refractivity contribution in [1.82, 2.24) is 5.32 Å². The van der Waals surface area contributed by atoms with E-state index in [4.69, 9.17) is 15.2 Å². The molecular weight excluding hydrogens is 248 g/mol. The van der Waals surface area contributed by atoms with Crippen molar-refractivity contribution in [3.8, 4) is 0 Å². The normalized spacial score (nSPS) is 12.7. The molecule has 0 aliphatic rings. The van der Waals surface area contributed by atoms with E-state index in [0.717, 1.165) is 12.8 Å². The fraction of sp³-hybridized carbons (Fsp3) is 0.846. The van der Waals surface area contributed by atoms with Gasteiger partial charge in [-0.05, 0) is 47.0 Å². The van der Waals surface area contributed by atoms with Gasteiger partial charge in [0.25, 0.3) is 0 Å². The zero-order valence-corrected chi connectivity index (χ0v) is 12.3. The number of nitrogens with two attached hydrogens (primary N) is 1. The van der Waals surface area contributed by atoms with Crippen molar-refractivity contribution < 1.29 is 19.1 Å². The SMILES string of the molecule is CCOC(=O)C(N)CCCCNC(=O)OC(C)(C)C. The third kappa shape index (κ3) is 10.3. The summed E-state index contributed by atoms with van der Waals surface area (Å²) in [6, 6.07) is -0.582. The number of amides is 1. The van der Waals surface area contributed by atoms with Crippen LogP contribution in [0.5, 0.6) is 0 Å². The molecule has 6 nitrogen and oxygen atoms in total. The zero-order valence-electron chi connectivity index (χ0n) is 12.3. The molecule has 112 valence electrons. The number of hydrogen-bond acceptors (Lipinski definition) is 5. The largest absolute Gasteiger partial charge is 0.465 e. The van der Waals surface area contributed by atoms with Gasteiger partial charge in [0.1, 0.15) is 11.6 Å². The molecule has 0 spiro atoms. The summed E-state index contributed by atoms with van der Waals surface area (Å²) in [6.45, 7) is 8.02. The van der Waals surface area contributed by atoms with Crippen molar-refractivity contribution in [3.63, 3.8) is 0 Å². The molecule has 0 aromatic carbocycles. The number of unbranched alkanes of at least 4 members (excludes halogenated alkanes) is 1. The second-order valence-corrected chi connectivity index (χ2v) is 5.28. The van der Waals surface area contributed by atoms with Crippen LogP contribution in [0.15, 0.2) is 0 Å². The lowest BCUT2D eigenvalue weighted by Gasteiger charge is -2.19. The highest BCUT2D eigenvalue weighted by molar-refractivity contribution is 5.75. The molecule has 0 bridgehead atoms. The highest BCUT2D eigenvalue weighted by Gasteiger charge is 2.16. The van der Waals surface area contributed by atoms with Gasteiger partial charge in [-0.2, -0.15) is 0 Å². The minimum atomic E-state index is -0.582. The maximum absolute atomic E-state index is 11.3. The Bertz CT molecular complexity index is 287. The number of esters is 1. The first-order valence-electron chi connectivity index (χ1n) is 6.65. The second-order valence-electron chi connectivity index (χ2n) is 5.28. The van der Waals surface area contributed by atoms with E-state index in [0.29, 0.717) is 19.6 Å². The fourth-order valence-corrected chi connectivity index (χ4v) is 1.36. The Morgan fingerprint density at radius 3 is 2.42 bits per heavy atom. The van der Waals surface area contributed by atoms with E-state index in [1.54, 1.807) is 6.92 Å². The Labute approximate surface area is 115 Å². The molecule has 0 saturated carbocycles. The van der Waals surface area contributed by atoms with Gasteiger partial charge in [0.05, 0.1) is 6.61 Å². The van der Waals surface area contributed by atoms with Crippen molar-refractivity contribution in [1.29, 1.82) is 0 Å². The van der Waals surface area contributed by atoms with Crippen LogP contribution in [0.25, 0.3) is 0 Å². The highest BCUT2D eigenvalue weighted by Crippen LogP contribution is 2.06. The van der Waals surface area contributed by atoms with Crippen LogP contribution in [0.2, 0.25) is 0 Å². The lowest BCUT2D eigenvalue weighted by molar-refractivity contribution is -0.144. The maximum Gasteiger partial charge on any atom is 0.407 e. The number of rotatable bonds is 7. The van der Waals surface area contributed by atoms with E-state index in [1.165, 1.54) is 0 Å². The van der Waals surface area contributed by atoms with Gasteiger partial charge in [-0.1, -0.05) is 0 Å². The molecule has 0 rings (SSSR count). The number of ether oxygens (including phenoxy) is 2. The average molecular weight is 274 g/mol. The van der Waals surface area contributed by atoms with Crippen molar-refractivity contribution in [2.45, 2.75) is 58.6 Å². The Hall–Kier alpha value is -1.30. The minimum Gasteiger partial charge on any atom is -0.465 e. The van der Waals surface area contributed by atoms with Crippen LogP contribution in [-0.2, 0) is 14.3 Å². The van der Waals surface area contributed by atoms with Gasteiger partial charge in [-0.25, -0.2) is 4.79 Å². The van der Waals surface area contributed by atoms with Gasteiger partial charge in [0.2, 0.25) is 0 Å². The van der Waals surface area contributed by atoms with Gasteiger partial charge >= 0.3 is 12.1 Å². The lowest BCUT2D eigenvalue weighted by atomic mass is 10.1. The van der Waals surface area contributed by atoms with Crippen molar-refractivity contribution in [2.24, 2.45) is 5.73 Å². The molecule has 1 amide bonds. The molecule has 3 N–H and O–H groups in total. The molecule has 0 aromatic heterocycles. The number of hydrogen-bond donors (Lipinski definition) is 2. The highest BCUT2D eigenvalue weighted by atomic mass is 16.6. The van der Waals surface area contributed by atoms with E-state index in [-0.39, 0.29) is 5.97 Å². The zero-order chi connectivity index (χ0) is 14.9. The topological polar surface area (TPSA) is 90.6 Å². The van der Waals surface area contributed by atoms with Crippen LogP contribution < -0.4 is 11.1 Å². The molecule has 1 atom stereocenters. The predicted molar refractivity (Wildman–Crippen MR) is 72.7 cm³/mol. The van der Waals surface area contributed by atoms with Crippen molar-refractivity contribution in [2.75, 3.05) is 13.2 Å². The minimum absolute atomic E-state index is 0.340. The van der Waals surface area contributed by atoms with E-state index < -0.39 is 17.7 Å². The first kappa shape index (κ1) is 17.7. The first-order chi connectivity index (χ1) is 8.76. The summed E-state index contributed by atoms with van der Waals surface area (Å²) in [5.41, 5.74) is 5.15. The molecular formula is C13H26N2O4. The molecule has 0 heterocycles. The summed E-state index contributed by atoms with van der Waals surface area (Å²) in [4.78, 5) is 22.6. The Morgan fingerprint density at radius 1 is 1.26 bits per heavy atom. The predicted octanol–water partition coefficient (Wildman–Crippen LogP) is 1.57. The Morgan fingerprint density at radius 2 is 1.89 bits per heavy atom. The van der Waals surface area contributed by atoms with Crippen LogP contribution in [-0.4, -0.2) is 36.9 Å². The number of carbonyl (C=O) groups excluding carboxylic acids is 2. The van der Waals surface area contributed by atoms with Crippen LogP contribution in [0, 0.1) is 0 Å². The smallest absolute Gasteiger partial charge is 0.407 e. The number of nitrogens with one attached hydrogen (secondary N) is 1. The molecule has 0 saturated heterocycles. The van der Waals surface area contributed by atoms with Crippen LogP contribution in [0.1, 0.15) is 47.0 Å². The van der Waals surface area contributed by atoms with Gasteiger partial charge < -0.3 is 20.5 Å². The van der Waals surface area contributed by atoms with Gasteiger partial charge in [0, 0.05) is 6.54 Å². The van der Waals surface area contributed by atoms with Crippen molar-refractivity contribution in [3.05, 3.63) is 0 Å².